The number of benzene rings is 2. The van der Waals surface area contributed by atoms with Gasteiger partial charge >= 0.3 is 0 Å². The lowest BCUT2D eigenvalue weighted by atomic mass is 10.1. The molecule has 0 saturated carbocycles. The van der Waals surface area contributed by atoms with Crippen molar-refractivity contribution in [1.82, 2.24) is 5.43 Å². The molecule has 23 heavy (non-hydrogen) atoms. The Morgan fingerprint density at radius 3 is 2.52 bits per heavy atom. The third kappa shape index (κ3) is 5.03. The summed E-state index contributed by atoms with van der Waals surface area (Å²) in [5.74, 6) is 0.478. The lowest BCUT2D eigenvalue weighted by molar-refractivity contribution is 0.340. The van der Waals surface area contributed by atoms with Crippen LogP contribution in [0.2, 0.25) is 0 Å². The van der Waals surface area contributed by atoms with E-state index in [0.29, 0.717) is 23.0 Å². The van der Waals surface area contributed by atoms with Gasteiger partial charge in [-0.2, -0.15) is 5.10 Å². The Labute approximate surface area is 140 Å². The maximum atomic E-state index is 13.6. The van der Waals surface area contributed by atoms with Gasteiger partial charge in [0.05, 0.1) is 12.3 Å². The summed E-state index contributed by atoms with van der Waals surface area (Å²) in [6.45, 7) is 4.27. The molecule has 0 unspecified atom stereocenters. The van der Waals surface area contributed by atoms with Crippen LogP contribution in [0.5, 0.6) is 5.75 Å². The first-order valence-electron chi connectivity index (χ1n) is 7.19. The van der Waals surface area contributed by atoms with Crippen LogP contribution in [0.3, 0.4) is 0 Å². The van der Waals surface area contributed by atoms with Crippen molar-refractivity contribution in [2.75, 3.05) is 11.9 Å². The Bertz CT molecular complexity index is 701. The van der Waals surface area contributed by atoms with E-state index in [9.17, 15) is 4.39 Å². The van der Waals surface area contributed by atoms with Crippen molar-refractivity contribution < 1.29 is 9.13 Å². The molecule has 0 bridgehead atoms. The van der Waals surface area contributed by atoms with Gasteiger partial charge in [-0.15, -0.1) is 0 Å². The summed E-state index contributed by atoms with van der Waals surface area (Å²) < 4.78 is 19.0. The van der Waals surface area contributed by atoms with Crippen LogP contribution in [0.1, 0.15) is 19.4 Å². The average molecular weight is 331 g/mol. The highest BCUT2D eigenvalue weighted by atomic mass is 32.1. The minimum absolute atomic E-state index is 0.319. The number of hydrazone groups is 1. The Kier molecular flexibility index (Phi) is 6.05. The summed E-state index contributed by atoms with van der Waals surface area (Å²) in [4.78, 5) is 0. The van der Waals surface area contributed by atoms with Crippen LogP contribution in [0.25, 0.3) is 0 Å². The second-order valence-corrected chi connectivity index (χ2v) is 5.11. The molecule has 0 radical (unpaired) electrons. The zero-order valence-corrected chi connectivity index (χ0v) is 13.8. The van der Waals surface area contributed by atoms with Gasteiger partial charge in [-0.25, -0.2) is 4.39 Å². The van der Waals surface area contributed by atoms with Crippen molar-refractivity contribution in [3.63, 3.8) is 0 Å². The van der Waals surface area contributed by atoms with E-state index in [1.165, 1.54) is 6.07 Å². The smallest absolute Gasteiger partial charge is 0.191 e. The van der Waals surface area contributed by atoms with Gasteiger partial charge < -0.3 is 10.1 Å². The third-order valence-electron chi connectivity index (χ3n) is 3.01. The molecular weight excluding hydrogens is 313 g/mol. The fourth-order valence-electron chi connectivity index (χ4n) is 1.91. The third-order valence-corrected chi connectivity index (χ3v) is 3.21. The van der Waals surface area contributed by atoms with E-state index in [4.69, 9.17) is 17.0 Å². The molecule has 0 amide bonds. The summed E-state index contributed by atoms with van der Waals surface area (Å²) >= 11 is 5.17. The quantitative estimate of drug-likeness (QED) is 0.495. The van der Waals surface area contributed by atoms with Gasteiger partial charge in [-0.05, 0) is 56.4 Å². The van der Waals surface area contributed by atoms with Crippen molar-refractivity contribution in [2.24, 2.45) is 5.10 Å². The van der Waals surface area contributed by atoms with Crippen molar-refractivity contribution in [2.45, 2.75) is 13.8 Å². The summed E-state index contributed by atoms with van der Waals surface area (Å²) in [5.41, 5.74) is 4.46. The van der Waals surface area contributed by atoms with Crippen LogP contribution in [-0.4, -0.2) is 17.4 Å². The minimum Gasteiger partial charge on any atom is -0.494 e. The summed E-state index contributed by atoms with van der Waals surface area (Å²) in [5, 5.41) is 7.42. The molecule has 2 aromatic carbocycles. The molecule has 0 aliphatic carbocycles. The van der Waals surface area contributed by atoms with Crippen LogP contribution in [-0.2, 0) is 0 Å². The Morgan fingerprint density at radius 2 is 1.87 bits per heavy atom. The molecule has 0 spiro atoms. The van der Waals surface area contributed by atoms with E-state index < -0.39 is 0 Å². The number of nitrogens with one attached hydrogen (secondary N) is 2. The second-order valence-electron chi connectivity index (χ2n) is 4.70. The monoisotopic (exact) mass is 331 g/mol. The predicted molar refractivity (Wildman–Crippen MR) is 95.6 cm³/mol. The molecule has 120 valence electrons. The normalized spacial score (nSPS) is 11.0. The summed E-state index contributed by atoms with van der Waals surface area (Å²) in [7, 11) is 0. The number of nitrogens with zero attached hydrogens (tertiary/aromatic N) is 1. The Morgan fingerprint density at radius 1 is 1.17 bits per heavy atom. The number of anilines is 1. The van der Waals surface area contributed by atoms with Gasteiger partial charge in [0, 0.05) is 11.3 Å². The molecule has 2 aromatic rings. The molecule has 0 aliphatic rings. The minimum atomic E-state index is -0.319. The highest BCUT2D eigenvalue weighted by Gasteiger charge is 2.04. The van der Waals surface area contributed by atoms with Gasteiger partial charge in [-0.3, -0.25) is 5.43 Å². The maximum Gasteiger partial charge on any atom is 0.191 e. The van der Waals surface area contributed by atoms with Gasteiger partial charge in [0.1, 0.15) is 11.6 Å². The fourth-order valence-corrected chi connectivity index (χ4v) is 2.07. The van der Waals surface area contributed by atoms with Gasteiger partial charge in [-0.1, -0.05) is 18.2 Å². The van der Waals surface area contributed by atoms with E-state index in [-0.39, 0.29) is 5.82 Å². The highest BCUT2D eigenvalue weighted by Crippen LogP contribution is 2.15. The van der Waals surface area contributed by atoms with E-state index in [2.05, 4.69) is 15.8 Å². The maximum absolute atomic E-state index is 13.6. The first-order chi connectivity index (χ1) is 11.1. The van der Waals surface area contributed by atoms with Gasteiger partial charge in [0.25, 0.3) is 0 Å². The number of thiocarbonyl (C=S) groups is 1. The van der Waals surface area contributed by atoms with Crippen LogP contribution in [0.4, 0.5) is 10.1 Å². The zero-order valence-electron chi connectivity index (χ0n) is 13.0. The van der Waals surface area contributed by atoms with Crippen molar-refractivity contribution >= 4 is 28.7 Å². The zero-order chi connectivity index (χ0) is 16.7. The SMILES string of the molecule is CCOc1ccc(NC(=S)N/N=C(/C)c2ccccc2F)cc1. The summed E-state index contributed by atoms with van der Waals surface area (Å²) in [6, 6.07) is 13.9. The van der Waals surface area contributed by atoms with E-state index in [1.54, 1.807) is 25.1 Å². The van der Waals surface area contributed by atoms with Crippen LogP contribution >= 0.6 is 12.2 Å². The molecule has 2 rings (SSSR count). The van der Waals surface area contributed by atoms with Crippen LogP contribution < -0.4 is 15.5 Å². The van der Waals surface area contributed by atoms with Crippen LogP contribution in [0.15, 0.2) is 53.6 Å². The lowest BCUT2D eigenvalue weighted by Crippen LogP contribution is -2.25. The molecule has 0 aliphatic heterocycles. The summed E-state index contributed by atoms with van der Waals surface area (Å²) in [6.07, 6.45) is 0. The first kappa shape index (κ1) is 16.9. The molecule has 0 atom stereocenters. The Hall–Kier alpha value is -2.47. The molecule has 0 fully saturated rings. The standard InChI is InChI=1S/C17H18FN3OS/c1-3-22-14-10-8-13(9-11-14)19-17(23)21-20-12(2)15-6-4-5-7-16(15)18/h4-11H,3H2,1-2H3,(H2,19,21,23)/b20-12-. The predicted octanol–water partition coefficient (Wildman–Crippen LogP) is 3.94. The Balaban J connectivity index is 1.94. The molecular formula is C17H18FN3OS. The molecule has 0 saturated heterocycles. The molecule has 2 N–H and O–H groups in total. The molecule has 4 nitrogen and oxygen atoms in total. The fraction of sp³-hybridized carbons (Fsp3) is 0.176. The topological polar surface area (TPSA) is 45.6 Å². The molecule has 0 aromatic heterocycles. The average Bonchev–Trinajstić information content (AvgIpc) is 2.55. The number of hydrogen-bond acceptors (Lipinski definition) is 3. The van der Waals surface area contributed by atoms with Crippen molar-refractivity contribution in [1.29, 1.82) is 0 Å². The van der Waals surface area contributed by atoms with Crippen LogP contribution in [0, 0.1) is 5.82 Å². The second kappa shape index (κ2) is 8.24. The molecule has 0 heterocycles. The van der Waals surface area contributed by atoms with Crippen molar-refractivity contribution in [3.8, 4) is 5.75 Å². The first-order valence-corrected chi connectivity index (χ1v) is 7.60. The van der Waals surface area contributed by atoms with E-state index >= 15 is 0 Å². The number of hydrogen-bond donors (Lipinski definition) is 2. The number of halogens is 1. The highest BCUT2D eigenvalue weighted by molar-refractivity contribution is 7.80. The lowest BCUT2D eigenvalue weighted by Gasteiger charge is -2.09. The largest absolute Gasteiger partial charge is 0.494 e. The van der Waals surface area contributed by atoms with Crippen molar-refractivity contribution in [3.05, 3.63) is 59.9 Å². The number of ether oxygens (including phenoxy) is 1. The number of rotatable bonds is 5. The van der Waals surface area contributed by atoms with E-state index in [0.717, 1.165) is 11.4 Å². The van der Waals surface area contributed by atoms with E-state index in [1.807, 2.05) is 31.2 Å². The van der Waals surface area contributed by atoms with Gasteiger partial charge in [0.2, 0.25) is 0 Å². The molecule has 6 heteroatoms. The van der Waals surface area contributed by atoms with Gasteiger partial charge in [0.15, 0.2) is 5.11 Å².